The van der Waals surface area contributed by atoms with E-state index in [1.54, 1.807) is 7.05 Å². The highest BCUT2D eigenvalue weighted by Crippen LogP contribution is 2.28. The fourth-order valence-corrected chi connectivity index (χ4v) is 3.55. The summed E-state index contributed by atoms with van der Waals surface area (Å²) in [7, 11) is -1.49. The molecular formula is C12H24N2O3S. The highest BCUT2D eigenvalue weighted by molar-refractivity contribution is 7.89. The Morgan fingerprint density at radius 1 is 1.33 bits per heavy atom. The molecule has 0 spiro atoms. The smallest absolute Gasteiger partial charge is 0.215 e. The van der Waals surface area contributed by atoms with Gasteiger partial charge in [-0.3, -0.25) is 0 Å². The average molecular weight is 276 g/mol. The number of hydrogen-bond acceptors (Lipinski definition) is 4. The van der Waals surface area contributed by atoms with Crippen LogP contribution in [0.3, 0.4) is 0 Å². The highest BCUT2D eigenvalue weighted by Gasteiger charge is 2.25. The van der Waals surface area contributed by atoms with Gasteiger partial charge in [0, 0.05) is 26.2 Å². The molecule has 6 heteroatoms. The van der Waals surface area contributed by atoms with E-state index in [0.717, 1.165) is 31.9 Å². The fraction of sp³-hybridized carbons (Fsp3) is 1.00. The van der Waals surface area contributed by atoms with Gasteiger partial charge in [-0.2, -0.15) is 0 Å². The van der Waals surface area contributed by atoms with Gasteiger partial charge in [-0.25, -0.2) is 12.7 Å². The molecule has 0 radical (unpaired) electrons. The molecule has 1 aliphatic carbocycles. The summed E-state index contributed by atoms with van der Waals surface area (Å²) in [6, 6.07) is 0.129. The van der Waals surface area contributed by atoms with E-state index in [0.29, 0.717) is 13.2 Å². The predicted molar refractivity (Wildman–Crippen MR) is 71.0 cm³/mol. The van der Waals surface area contributed by atoms with E-state index < -0.39 is 10.0 Å². The second-order valence-electron chi connectivity index (χ2n) is 5.41. The summed E-state index contributed by atoms with van der Waals surface area (Å²) in [5.74, 6) is 0.946. The molecule has 0 bridgehead atoms. The maximum absolute atomic E-state index is 12.1. The third-order valence-electron chi connectivity index (χ3n) is 3.65. The first kappa shape index (κ1) is 14.2. The molecule has 1 N–H and O–H groups in total. The molecule has 2 aliphatic rings. The first-order chi connectivity index (χ1) is 8.58. The lowest BCUT2D eigenvalue weighted by molar-refractivity contribution is 0.117. The van der Waals surface area contributed by atoms with Crippen molar-refractivity contribution >= 4 is 10.0 Å². The van der Waals surface area contributed by atoms with Gasteiger partial charge in [0.1, 0.15) is 0 Å². The topological polar surface area (TPSA) is 58.6 Å². The highest BCUT2D eigenvalue weighted by atomic mass is 32.2. The molecule has 18 heavy (non-hydrogen) atoms. The molecule has 1 aliphatic heterocycles. The van der Waals surface area contributed by atoms with Gasteiger partial charge in [0.05, 0.1) is 12.4 Å². The molecule has 0 aromatic rings. The summed E-state index contributed by atoms with van der Waals surface area (Å²) < 4.78 is 31.0. The number of likely N-dealkylation sites (N-methyl/N-ethyl adjacent to an activating group) is 1. The van der Waals surface area contributed by atoms with E-state index in [2.05, 4.69) is 5.32 Å². The van der Waals surface area contributed by atoms with Crippen LogP contribution in [0.5, 0.6) is 0 Å². The molecule has 2 rings (SSSR count). The summed E-state index contributed by atoms with van der Waals surface area (Å²) in [6.07, 6.45) is 4.57. The lowest BCUT2D eigenvalue weighted by Crippen LogP contribution is -2.39. The van der Waals surface area contributed by atoms with Crippen LogP contribution in [0.4, 0.5) is 0 Å². The summed E-state index contributed by atoms with van der Waals surface area (Å²) in [5.41, 5.74) is 0. The minimum atomic E-state index is -3.14. The molecular weight excluding hydrogens is 252 g/mol. The standard InChI is InChI=1S/C12H24N2O3S/c1-14(7-8-17-9-11-4-5-11)18(15,16)10-12-3-2-6-13-12/h11-13H,2-10H2,1H3. The van der Waals surface area contributed by atoms with E-state index in [1.165, 1.54) is 17.1 Å². The van der Waals surface area contributed by atoms with Crippen LogP contribution in [0.25, 0.3) is 0 Å². The van der Waals surface area contributed by atoms with Crippen molar-refractivity contribution in [1.29, 1.82) is 0 Å². The molecule has 2 fully saturated rings. The summed E-state index contributed by atoms with van der Waals surface area (Å²) in [4.78, 5) is 0. The molecule has 0 amide bonds. The Hall–Kier alpha value is -0.170. The normalized spacial score (nSPS) is 24.9. The van der Waals surface area contributed by atoms with Crippen molar-refractivity contribution in [3.8, 4) is 0 Å². The van der Waals surface area contributed by atoms with Crippen molar-refractivity contribution in [1.82, 2.24) is 9.62 Å². The van der Waals surface area contributed by atoms with E-state index >= 15 is 0 Å². The van der Waals surface area contributed by atoms with Crippen LogP contribution in [0.1, 0.15) is 25.7 Å². The van der Waals surface area contributed by atoms with Crippen molar-refractivity contribution in [2.24, 2.45) is 5.92 Å². The summed E-state index contributed by atoms with van der Waals surface area (Å²) >= 11 is 0. The molecule has 1 heterocycles. The minimum absolute atomic E-state index is 0.129. The SMILES string of the molecule is CN(CCOCC1CC1)S(=O)(=O)CC1CCCN1. The van der Waals surface area contributed by atoms with Crippen molar-refractivity contribution < 1.29 is 13.2 Å². The zero-order valence-electron chi connectivity index (χ0n) is 11.1. The zero-order valence-corrected chi connectivity index (χ0v) is 11.9. The zero-order chi connectivity index (χ0) is 13.0. The Bertz CT molecular complexity index is 348. The van der Waals surface area contributed by atoms with Gasteiger partial charge in [-0.05, 0) is 38.1 Å². The first-order valence-corrected chi connectivity index (χ1v) is 8.44. The Morgan fingerprint density at radius 2 is 2.11 bits per heavy atom. The van der Waals surface area contributed by atoms with E-state index in [9.17, 15) is 8.42 Å². The van der Waals surface area contributed by atoms with Gasteiger partial charge < -0.3 is 10.1 Å². The third-order valence-corrected chi connectivity index (χ3v) is 5.61. The van der Waals surface area contributed by atoms with Gasteiger partial charge in [0.25, 0.3) is 0 Å². The number of ether oxygens (including phenoxy) is 1. The van der Waals surface area contributed by atoms with Gasteiger partial charge >= 0.3 is 0 Å². The van der Waals surface area contributed by atoms with Crippen LogP contribution >= 0.6 is 0 Å². The molecule has 106 valence electrons. The maximum Gasteiger partial charge on any atom is 0.215 e. The maximum atomic E-state index is 12.1. The Labute approximate surface area is 110 Å². The number of sulfonamides is 1. The largest absolute Gasteiger partial charge is 0.380 e. The molecule has 0 aromatic carbocycles. The molecule has 1 saturated carbocycles. The average Bonchev–Trinajstić information content (AvgIpc) is 3.01. The first-order valence-electron chi connectivity index (χ1n) is 6.83. The number of nitrogens with zero attached hydrogens (tertiary/aromatic N) is 1. The lowest BCUT2D eigenvalue weighted by atomic mass is 10.3. The molecule has 1 atom stereocenters. The van der Waals surface area contributed by atoms with Crippen molar-refractivity contribution in [2.75, 3.05) is 39.1 Å². The summed E-state index contributed by atoms with van der Waals surface area (Å²) in [5, 5.41) is 3.22. The predicted octanol–water partition coefficient (Wildman–Crippen LogP) is 0.427. The lowest BCUT2D eigenvalue weighted by Gasteiger charge is -2.19. The van der Waals surface area contributed by atoms with Crippen LogP contribution in [-0.4, -0.2) is 57.9 Å². The van der Waals surface area contributed by atoms with Gasteiger partial charge in [-0.1, -0.05) is 0 Å². The van der Waals surface area contributed by atoms with Crippen molar-refractivity contribution in [2.45, 2.75) is 31.7 Å². The number of hydrogen-bond donors (Lipinski definition) is 1. The van der Waals surface area contributed by atoms with E-state index in [-0.39, 0.29) is 11.8 Å². The van der Waals surface area contributed by atoms with E-state index in [4.69, 9.17) is 4.74 Å². The monoisotopic (exact) mass is 276 g/mol. The molecule has 1 saturated heterocycles. The Kier molecular flexibility index (Phi) is 5.00. The van der Waals surface area contributed by atoms with Crippen LogP contribution in [0.15, 0.2) is 0 Å². The number of nitrogens with one attached hydrogen (secondary N) is 1. The fourth-order valence-electron chi connectivity index (χ4n) is 2.15. The van der Waals surface area contributed by atoms with Crippen LogP contribution in [-0.2, 0) is 14.8 Å². The van der Waals surface area contributed by atoms with Gasteiger partial charge in [0.15, 0.2) is 0 Å². The minimum Gasteiger partial charge on any atom is -0.380 e. The second-order valence-corrected chi connectivity index (χ2v) is 7.53. The summed E-state index contributed by atoms with van der Waals surface area (Å²) in [6.45, 7) is 2.69. The van der Waals surface area contributed by atoms with Crippen LogP contribution in [0, 0.1) is 5.92 Å². The quantitative estimate of drug-likeness (QED) is 0.653. The molecule has 5 nitrogen and oxygen atoms in total. The van der Waals surface area contributed by atoms with Crippen LogP contribution in [0.2, 0.25) is 0 Å². The molecule has 1 unspecified atom stereocenters. The Morgan fingerprint density at radius 3 is 2.72 bits per heavy atom. The van der Waals surface area contributed by atoms with Crippen molar-refractivity contribution in [3.63, 3.8) is 0 Å². The Balaban J connectivity index is 1.66. The van der Waals surface area contributed by atoms with Crippen molar-refractivity contribution in [3.05, 3.63) is 0 Å². The number of rotatable bonds is 8. The van der Waals surface area contributed by atoms with Gasteiger partial charge in [0.2, 0.25) is 10.0 Å². The van der Waals surface area contributed by atoms with Crippen LogP contribution < -0.4 is 5.32 Å². The van der Waals surface area contributed by atoms with Gasteiger partial charge in [-0.15, -0.1) is 0 Å². The van der Waals surface area contributed by atoms with E-state index in [1.807, 2.05) is 0 Å². The molecule has 0 aromatic heterocycles. The second kappa shape index (κ2) is 6.32. The third kappa shape index (κ3) is 4.50.